The van der Waals surface area contributed by atoms with Gasteiger partial charge in [0, 0.05) is 5.54 Å². The van der Waals surface area contributed by atoms with Crippen molar-refractivity contribution in [1.29, 1.82) is 0 Å². The van der Waals surface area contributed by atoms with Gasteiger partial charge in [-0.05, 0) is 20.8 Å². The minimum Gasteiger partial charge on any atom is -0.221 e. The van der Waals surface area contributed by atoms with Crippen LogP contribution in [0.5, 0.6) is 0 Å². The standard InChI is InChI=1S/C6H17NO2SSi/c1-6(2,3)7-10(8,9)11(4)5/h7,11H,1-5H3. The van der Waals surface area contributed by atoms with E-state index in [2.05, 4.69) is 4.72 Å². The molecule has 0 aliphatic rings. The van der Waals surface area contributed by atoms with Gasteiger partial charge < -0.3 is 0 Å². The molecule has 0 saturated carbocycles. The Labute approximate surface area is 70.5 Å². The van der Waals surface area contributed by atoms with Gasteiger partial charge in [-0.3, -0.25) is 0 Å². The minimum absolute atomic E-state index is 0.337. The van der Waals surface area contributed by atoms with Gasteiger partial charge in [-0.2, -0.15) is 0 Å². The predicted molar refractivity (Wildman–Crippen MR) is 50.7 cm³/mol. The number of rotatable bonds is 2. The molecule has 0 aromatic carbocycles. The first-order valence-electron chi connectivity index (χ1n) is 3.68. The Hall–Kier alpha value is 0.127. The molecule has 0 atom stereocenters. The second kappa shape index (κ2) is 3.24. The van der Waals surface area contributed by atoms with E-state index in [-0.39, 0.29) is 5.54 Å². The van der Waals surface area contributed by atoms with Crippen LogP contribution in [0.1, 0.15) is 20.8 Å². The van der Waals surface area contributed by atoms with Crippen LogP contribution in [-0.2, 0) is 9.47 Å². The van der Waals surface area contributed by atoms with E-state index in [1.54, 1.807) is 13.1 Å². The van der Waals surface area contributed by atoms with Crippen molar-refractivity contribution in [1.82, 2.24) is 4.72 Å². The molecule has 0 spiro atoms. The highest BCUT2D eigenvalue weighted by Gasteiger charge is 2.23. The van der Waals surface area contributed by atoms with Crippen LogP contribution in [0.25, 0.3) is 0 Å². The lowest BCUT2D eigenvalue weighted by molar-refractivity contribution is 0.499. The highest BCUT2D eigenvalue weighted by atomic mass is 32.4. The van der Waals surface area contributed by atoms with Crippen molar-refractivity contribution < 1.29 is 8.42 Å². The molecule has 0 aliphatic heterocycles. The molecule has 3 nitrogen and oxygen atoms in total. The molecule has 11 heavy (non-hydrogen) atoms. The third-order valence-electron chi connectivity index (χ3n) is 1.07. The van der Waals surface area contributed by atoms with Crippen LogP contribution in [-0.4, -0.2) is 21.9 Å². The zero-order valence-corrected chi connectivity index (χ0v) is 9.77. The summed E-state index contributed by atoms with van der Waals surface area (Å²) in [5, 5.41) is 0. The molecule has 5 heteroatoms. The second-order valence-electron chi connectivity index (χ2n) is 3.95. The van der Waals surface area contributed by atoms with Crippen molar-refractivity contribution >= 4 is 17.4 Å². The van der Waals surface area contributed by atoms with E-state index in [1.807, 2.05) is 20.8 Å². The fraction of sp³-hybridized carbons (Fsp3) is 1.00. The smallest absolute Gasteiger partial charge is 0.193 e. The van der Waals surface area contributed by atoms with Gasteiger partial charge in [0.1, 0.15) is 0 Å². The minimum atomic E-state index is -2.97. The van der Waals surface area contributed by atoms with E-state index in [0.717, 1.165) is 0 Å². The van der Waals surface area contributed by atoms with Gasteiger partial charge in [0.15, 0.2) is 17.4 Å². The lowest BCUT2D eigenvalue weighted by Gasteiger charge is -2.21. The summed E-state index contributed by atoms with van der Waals surface area (Å²) >= 11 is 0. The van der Waals surface area contributed by atoms with Crippen molar-refractivity contribution in [2.24, 2.45) is 0 Å². The first-order valence-corrected chi connectivity index (χ1v) is 8.95. The Kier molecular flexibility index (Phi) is 3.28. The predicted octanol–water partition coefficient (Wildman–Crippen LogP) is 0.688. The fourth-order valence-electron chi connectivity index (χ4n) is 0.545. The van der Waals surface area contributed by atoms with Gasteiger partial charge in [-0.1, -0.05) is 13.1 Å². The normalized spacial score (nSPS) is 14.0. The Morgan fingerprint density at radius 3 is 1.64 bits per heavy atom. The third kappa shape index (κ3) is 4.55. The molecule has 0 aromatic rings. The van der Waals surface area contributed by atoms with Crippen molar-refractivity contribution in [2.45, 2.75) is 39.4 Å². The summed E-state index contributed by atoms with van der Waals surface area (Å²) in [5.74, 6) is 0. The highest BCUT2D eigenvalue weighted by molar-refractivity contribution is 8.16. The molecule has 0 rings (SSSR count). The summed E-state index contributed by atoms with van der Waals surface area (Å²) in [4.78, 5) is 0. The van der Waals surface area contributed by atoms with Crippen LogP contribution < -0.4 is 4.72 Å². The molecule has 68 valence electrons. The van der Waals surface area contributed by atoms with Gasteiger partial charge in [0.25, 0.3) is 0 Å². The first-order chi connectivity index (χ1) is 4.65. The molecule has 0 aliphatic carbocycles. The van der Waals surface area contributed by atoms with Crippen molar-refractivity contribution in [3.05, 3.63) is 0 Å². The average molecular weight is 195 g/mol. The largest absolute Gasteiger partial charge is 0.221 e. The van der Waals surface area contributed by atoms with Crippen LogP contribution in [0.15, 0.2) is 0 Å². The van der Waals surface area contributed by atoms with E-state index >= 15 is 0 Å². The molecule has 0 amide bonds. The Bertz CT molecular complexity index is 215. The van der Waals surface area contributed by atoms with Crippen molar-refractivity contribution in [3.8, 4) is 0 Å². The van der Waals surface area contributed by atoms with Crippen LogP contribution >= 0.6 is 0 Å². The molecule has 0 heterocycles. The number of nitrogens with one attached hydrogen (secondary N) is 1. The Balaban J connectivity index is 4.40. The maximum Gasteiger partial charge on any atom is 0.193 e. The maximum absolute atomic E-state index is 11.3. The molecule has 0 radical (unpaired) electrons. The zero-order valence-electron chi connectivity index (χ0n) is 7.80. The lowest BCUT2D eigenvalue weighted by atomic mass is 10.1. The maximum atomic E-state index is 11.3. The molecule has 0 unspecified atom stereocenters. The molecule has 1 N–H and O–H groups in total. The first kappa shape index (κ1) is 11.1. The van der Waals surface area contributed by atoms with Gasteiger partial charge in [0.2, 0.25) is 0 Å². The summed E-state index contributed by atoms with van der Waals surface area (Å²) in [6, 6.07) is 0. The SMILES string of the molecule is C[SiH](C)S(=O)(=O)NC(C)(C)C. The van der Waals surface area contributed by atoms with E-state index in [9.17, 15) is 8.42 Å². The molecular formula is C6H17NO2SSi. The quantitative estimate of drug-likeness (QED) is 0.659. The van der Waals surface area contributed by atoms with Crippen molar-refractivity contribution in [3.63, 3.8) is 0 Å². The molecule has 0 fully saturated rings. The van der Waals surface area contributed by atoms with Gasteiger partial charge in [-0.15, -0.1) is 0 Å². The summed E-state index contributed by atoms with van der Waals surface area (Å²) in [7, 11) is -4.59. The number of hydrogen-bond acceptors (Lipinski definition) is 2. The fourth-order valence-corrected chi connectivity index (χ4v) is 3.40. The lowest BCUT2D eigenvalue weighted by Crippen LogP contribution is -2.45. The second-order valence-corrected chi connectivity index (χ2v) is 12.0. The van der Waals surface area contributed by atoms with Crippen LogP contribution in [0.2, 0.25) is 13.1 Å². The number of hydrogen-bond donors (Lipinski definition) is 1. The third-order valence-corrected chi connectivity index (χ3v) is 7.28. The van der Waals surface area contributed by atoms with E-state index < -0.39 is 17.4 Å². The van der Waals surface area contributed by atoms with Gasteiger partial charge >= 0.3 is 0 Å². The summed E-state index contributed by atoms with van der Waals surface area (Å²) < 4.78 is 25.2. The van der Waals surface area contributed by atoms with E-state index in [0.29, 0.717) is 0 Å². The van der Waals surface area contributed by atoms with E-state index in [4.69, 9.17) is 0 Å². The molecule has 0 aromatic heterocycles. The van der Waals surface area contributed by atoms with Crippen molar-refractivity contribution in [2.75, 3.05) is 0 Å². The Morgan fingerprint density at radius 2 is 1.55 bits per heavy atom. The van der Waals surface area contributed by atoms with Crippen LogP contribution in [0.3, 0.4) is 0 Å². The van der Waals surface area contributed by atoms with Gasteiger partial charge in [0.05, 0.1) is 0 Å². The zero-order chi connectivity index (χ0) is 9.28. The average Bonchev–Trinajstić information content (AvgIpc) is 1.56. The Morgan fingerprint density at radius 1 is 1.18 bits per heavy atom. The van der Waals surface area contributed by atoms with E-state index in [1.165, 1.54) is 0 Å². The monoisotopic (exact) mass is 195 g/mol. The topological polar surface area (TPSA) is 46.2 Å². The molecule has 0 bridgehead atoms. The highest BCUT2D eigenvalue weighted by Crippen LogP contribution is 2.04. The van der Waals surface area contributed by atoms with Gasteiger partial charge in [-0.25, -0.2) is 13.1 Å². The summed E-state index contributed by atoms with van der Waals surface area (Å²) in [6.07, 6.45) is 0. The molecule has 0 saturated heterocycles. The molecular weight excluding hydrogens is 178 g/mol. The van der Waals surface area contributed by atoms with Crippen LogP contribution in [0.4, 0.5) is 0 Å². The summed E-state index contributed by atoms with van der Waals surface area (Å²) in [6.45, 7) is 9.14. The summed E-state index contributed by atoms with van der Waals surface area (Å²) in [5.41, 5.74) is -0.337. The van der Waals surface area contributed by atoms with Crippen LogP contribution in [0, 0.1) is 0 Å².